The van der Waals surface area contributed by atoms with Crippen molar-refractivity contribution >= 4 is 23.2 Å². The van der Waals surface area contributed by atoms with E-state index in [1.165, 1.54) is 25.7 Å². The van der Waals surface area contributed by atoms with Gasteiger partial charge in [-0.1, -0.05) is 0 Å². The van der Waals surface area contributed by atoms with Crippen LogP contribution in [0.25, 0.3) is 0 Å². The van der Waals surface area contributed by atoms with Gasteiger partial charge in [0.1, 0.15) is 0 Å². The van der Waals surface area contributed by atoms with E-state index in [4.69, 9.17) is 0 Å². The largest absolute Gasteiger partial charge is 0.324 e. The summed E-state index contributed by atoms with van der Waals surface area (Å²) < 4.78 is 0. The van der Waals surface area contributed by atoms with Crippen molar-refractivity contribution in [3.8, 4) is 0 Å². The summed E-state index contributed by atoms with van der Waals surface area (Å²) in [6, 6.07) is 1.80. The molecule has 1 heterocycles. The molecule has 138 valence electrons. The molecule has 0 unspecified atom stereocenters. The SMILES string of the molecule is O=C(Nc1ccncc1NC(=O)C12CCC(CC1)C2)C12CCC(CC1)C2. The van der Waals surface area contributed by atoms with Gasteiger partial charge in [-0.2, -0.15) is 0 Å². The molecule has 4 bridgehead atoms. The maximum Gasteiger partial charge on any atom is 0.230 e. The van der Waals surface area contributed by atoms with Gasteiger partial charge in [0.2, 0.25) is 11.8 Å². The molecule has 1 aromatic rings. The molecule has 2 amide bonds. The van der Waals surface area contributed by atoms with Crippen LogP contribution in [-0.2, 0) is 9.59 Å². The number of nitrogens with zero attached hydrogens (tertiary/aromatic N) is 1. The summed E-state index contributed by atoms with van der Waals surface area (Å²) in [5.41, 5.74) is 0.953. The molecule has 26 heavy (non-hydrogen) atoms. The van der Waals surface area contributed by atoms with Crippen molar-refractivity contribution in [2.75, 3.05) is 10.6 Å². The van der Waals surface area contributed by atoms with E-state index in [9.17, 15) is 9.59 Å². The normalized spacial score (nSPS) is 37.1. The second kappa shape index (κ2) is 5.80. The van der Waals surface area contributed by atoms with E-state index in [2.05, 4.69) is 15.6 Å². The summed E-state index contributed by atoms with van der Waals surface area (Å²) >= 11 is 0. The number of pyridine rings is 1. The highest BCUT2D eigenvalue weighted by atomic mass is 16.2. The maximum atomic E-state index is 13.0. The molecule has 4 aliphatic rings. The number of fused-ring (bicyclic) bond motifs is 4. The van der Waals surface area contributed by atoms with Crippen LogP contribution in [0.4, 0.5) is 11.4 Å². The van der Waals surface area contributed by atoms with Crippen LogP contribution in [-0.4, -0.2) is 16.8 Å². The fraction of sp³-hybridized carbons (Fsp3) is 0.667. The van der Waals surface area contributed by atoms with E-state index >= 15 is 0 Å². The van der Waals surface area contributed by atoms with E-state index in [1.807, 2.05) is 0 Å². The Morgan fingerprint density at radius 2 is 1.35 bits per heavy atom. The quantitative estimate of drug-likeness (QED) is 0.855. The topological polar surface area (TPSA) is 71.1 Å². The fourth-order valence-electron chi connectivity index (χ4n) is 6.13. The van der Waals surface area contributed by atoms with Crippen molar-refractivity contribution < 1.29 is 9.59 Å². The van der Waals surface area contributed by atoms with Crippen molar-refractivity contribution in [3.63, 3.8) is 0 Å². The van der Waals surface area contributed by atoms with Crippen molar-refractivity contribution in [3.05, 3.63) is 18.5 Å². The molecule has 0 atom stereocenters. The van der Waals surface area contributed by atoms with Gasteiger partial charge in [0.15, 0.2) is 0 Å². The Labute approximate surface area is 154 Å². The van der Waals surface area contributed by atoms with E-state index in [0.29, 0.717) is 11.4 Å². The highest BCUT2D eigenvalue weighted by Crippen LogP contribution is 2.55. The lowest BCUT2D eigenvalue weighted by Gasteiger charge is -2.27. The summed E-state index contributed by atoms with van der Waals surface area (Å²) in [6.07, 6.45) is 14.1. The first kappa shape index (κ1) is 16.3. The zero-order valence-electron chi connectivity index (χ0n) is 15.2. The predicted octanol–water partition coefficient (Wildman–Crippen LogP) is 4.12. The Bertz CT molecular complexity index is 680. The molecule has 4 aliphatic carbocycles. The van der Waals surface area contributed by atoms with Crippen LogP contribution < -0.4 is 10.6 Å². The zero-order chi connectivity index (χ0) is 17.8. The predicted molar refractivity (Wildman–Crippen MR) is 99.5 cm³/mol. The van der Waals surface area contributed by atoms with Crippen molar-refractivity contribution in [1.82, 2.24) is 4.98 Å². The molecule has 5 nitrogen and oxygen atoms in total. The van der Waals surface area contributed by atoms with Crippen LogP contribution in [0.1, 0.15) is 64.2 Å². The summed E-state index contributed by atoms with van der Waals surface area (Å²) in [4.78, 5) is 30.1. The van der Waals surface area contributed by atoms with Gasteiger partial charge in [-0.05, 0) is 82.1 Å². The summed E-state index contributed by atoms with van der Waals surface area (Å²) in [5, 5.41) is 6.21. The molecule has 0 radical (unpaired) electrons. The number of amides is 2. The Morgan fingerprint density at radius 3 is 1.81 bits per heavy atom. The number of hydrogen-bond acceptors (Lipinski definition) is 3. The molecular formula is C21H27N3O2. The molecule has 2 N–H and O–H groups in total. The molecule has 5 rings (SSSR count). The van der Waals surface area contributed by atoms with Gasteiger partial charge in [-0.3, -0.25) is 14.6 Å². The van der Waals surface area contributed by atoms with Crippen LogP contribution in [0.2, 0.25) is 0 Å². The second-order valence-corrected chi connectivity index (χ2v) is 9.19. The summed E-state index contributed by atoms with van der Waals surface area (Å²) in [6.45, 7) is 0. The summed E-state index contributed by atoms with van der Waals surface area (Å²) in [7, 11) is 0. The minimum atomic E-state index is -0.190. The number of anilines is 2. The van der Waals surface area contributed by atoms with Crippen LogP contribution >= 0.6 is 0 Å². The van der Waals surface area contributed by atoms with Gasteiger partial charge in [-0.25, -0.2) is 0 Å². The first-order valence-corrected chi connectivity index (χ1v) is 10.2. The third kappa shape index (κ3) is 2.47. The second-order valence-electron chi connectivity index (χ2n) is 9.19. The van der Waals surface area contributed by atoms with Gasteiger partial charge < -0.3 is 10.6 Å². The molecule has 0 saturated heterocycles. The average molecular weight is 353 g/mol. The molecule has 5 heteroatoms. The molecular weight excluding hydrogens is 326 g/mol. The molecule has 1 aromatic heterocycles. The standard InChI is InChI=1S/C21H27N3O2/c25-18(20-6-1-14(11-20)2-7-20)23-16-5-10-22-13-17(16)24-19(26)21-8-3-15(12-21)4-9-21/h5,10,13-15H,1-4,6-9,11-12H2,(H,24,26)(H,22,23,25). The summed E-state index contributed by atoms with van der Waals surface area (Å²) in [5.74, 6) is 1.69. The highest BCUT2D eigenvalue weighted by molar-refractivity contribution is 6.03. The first-order chi connectivity index (χ1) is 12.6. The number of carbonyl (C=O) groups is 2. The first-order valence-electron chi connectivity index (χ1n) is 10.2. The smallest absolute Gasteiger partial charge is 0.230 e. The number of carbonyl (C=O) groups excluding carboxylic acids is 2. The molecule has 4 fully saturated rings. The van der Waals surface area contributed by atoms with E-state index in [0.717, 1.165) is 50.4 Å². The number of aromatic nitrogens is 1. The number of hydrogen-bond donors (Lipinski definition) is 2. The van der Waals surface area contributed by atoms with Gasteiger partial charge in [-0.15, -0.1) is 0 Å². The Kier molecular flexibility index (Phi) is 3.63. The number of rotatable bonds is 4. The lowest BCUT2D eigenvalue weighted by molar-refractivity contribution is -0.126. The van der Waals surface area contributed by atoms with E-state index in [1.54, 1.807) is 18.5 Å². The maximum absolute atomic E-state index is 13.0. The van der Waals surface area contributed by atoms with Crippen molar-refractivity contribution in [2.45, 2.75) is 64.2 Å². The van der Waals surface area contributed by atoms with Gasteiger partial charge >= 0.3 is 0 Å². The fourth-order valence-corrected chi connectivity index (χ4v) is 6.13. The average Bonchev–Trinajstić information content (AvgIpc) is 3.44. The highest BCUT2D eigenvalue weighted by Gasteiger charge is 2.51. The van der Waals surface area contributed by atoms with Gasteiger partial charge in [0.05, 0.1) is 17.6 Å². The van der Waals surface area contributed by atoms with Gasteiger partial charge in [0.25, 0.3) is 0 Å². The van der Waals surface area contributed by atoms with Crippen LogP contribution in [0.15, 0.2) is 18.5 Å². The molecule has 0 aliphatic heterocycles. The zero-order valence-corrected chi connectivity index (χ0v) is 15.2. The monoisotopic (exact) mass is 353 g/mol. The van der Waals surface area contributed by atoms with Crippen LogP contribution in [0.5, 0.6) is 0 Å². The Hall–Kier alpha value is -1.91. The van der Waals surface area contributed by atoms with Crippen LogP contribution in [0, 0.1) is 22.7 Å². The van der Waals surface area contributed by atoms with E-state index in [-0.39, 0.29) is 22.6 Å². The van der Waals surface area contributed by atoms with E-state index < -0.39 is 0 Å². The van der Waals surface area contributed by atoms with Crippen molar-refractivity contribution in [1.29, 1.82) is 0 Å². The van der Waals surface area contributed by atoms with Crippen LogP contribution in [0.3, 0.4) is 0 Å². The lowest BCUT2D eigenvalue weighted by atomic mass is 9.83. The minimum Gasteiger partial charge on any atom is -0.324 e. The minimum absolute atomic E-state index is 0.112. The van der Waals surface area contributed by atoms with Gasteiger partial charge in [0, 0.05) is 17.0 Å². The molecule has 0 aromatic carbocycles. The Balaban J connectivity index is 1.33. The molecule has 0 spiro atoms. The van der Waals surface area contributed by atoms with Crippen molar-refractivity contribution in [2.24, 2.45) is 22.7 Å². The lowest BCUT2D eigenvalue weighted by Crippen LogP contribution is -2.34. The third-order valence-electron chi connectivity index (χ3n) is 7.76. The number of nitrogens with one attached hydrogen (secondary N) is 2. The Morgan fingerprint density at radius 1 is 0.846 bits per heavy atom. The third-order valence-corrected chi connectivity index (χ3v) is 7.76. The molecule has 4 saturated carbocycles.